The second kappa shape index (κ2) is 10.6. The lowest BCUT2D eigenvalue weighted by Crippen LogP contribution is -2.45. The summed E-state index contributed by atoms with van der Waals surface area (Å²) in [6, 6.07) is 9.82. The number of carboxylic acid groups (broad SMARTS) is 1. The summed E-state index contributed by atoms with van der Waals surface area (Å²) < 4.78 is 40.6. The maximum absolute atomic E-state index is 13.6. The Morgan fingerprint density at radius 1 is 1.03 bits per heavy atom. The van der Waals surface area contributed by atoms with E-state index in [0.717, 1.165) is 16.7 Å². The van der Waals surface area contributed by atoms with E-state index in [1.165, 1.54) is 41.0 Å². The molecule has 0 unspecified atom stereocenters. The van der Waals surface area contributed by atoms with Gasteiger partial charge in [0.15, 0.2) is 0 Å². The highest BCUT2D eigenvalue weighted by Crippen LogP contribution is 2.29. The molecule has 0 saturated heterocycles. The van der Waals surface area contributed by atoms with Gasteiger partial charge in [0.1, 0.15) is 0 Å². The van der Waals surface area contributed by atoms with Crippen LogP contribution in [-0.4, -0.2) is 38.3 Å². The predicted octanol–water partition coefficient (Wildman–Crippen LogP) is 3.79. The van der Waals surface area contributed by atoms with Crippen molar-refractivity contribution >= 4 is 11.9 Å². The van der Waals surface area contributed by atoms with E-state index in [4.69, 9.17) is 0 Å². The summed E-state index contributed by atoms with van der Waals surface area (Å²) >= 11 is 0. The zero-order chi connectivity index (χ0) is 25.8. The maximum atomic E-state index is 13.6. The normalized spacial score (nSPS) is 11.5. The van der Waals surface area contributed by atoms with Crippen LogP contribution >= 0.6 is 0 Å². The summed E-state index contributed by atoms with van der Waals surface area (Å²) in [5.74, 6) is -1.11. The van der Waals surface area contributed by atoms with E-state index in [1.54, 1.807) is 4.90 Å². The van der Waals surface area contributed by atoms with Gasteiger partial charge in [-0.25, -0.2) is 23.5 Å². The lowest BCUT2D eigenvalue weighted by molar-refractivity contribution is -0.137. The number of benzene rings is 2. The average Bonchev–Trinajstić information content (AvgIpc) is 2.81. The zero-order valence-corrected chi connectivity index (χ0v) is 19.2. The fourth-order valence-corrected chi connectivity index (χ4v) is 3.67. The van der Waals surface area contributed by atoms with Crippen molar-refractivity contribution < 1.29 is 23.1 Å². The molecule has 0 atom stereocenters. The van der Waals surface area contributed by atoms with E-state index in [2.05, 4.69) is 4.98 Å². The molecule has 1 aromatic heterocycles. The van der Waals surface area contributed by atoms with Gasteiger partial charge in [-0.3, -0.25) is 0 Å². The van der Waals surface area contributed by atoms with Crippen molar-refractivity contribution in [2.45, 2.75) is 39.4 Å². The van der Waals surface area contributed by atoms with Crippen LogP contribution in [0.15, 0.2) is 58.1 Å². The smallest absolute Gasteiger partial charge is 0.416 e. The topological polar surface area (TPSA) is 97.4 Å². The Balaban J connectivity index is 2.19. The van der Waals surface area contributed by atoms with Gasteiger partial charge < -0.3 is 10.0 Å². The second-order valence-corrected chi connectivity index (χ2v) is 7.94. The molecule has 0 fully saturated rings. The highest BCUT2D eigenvalue weighted by Gasteiger charge is 2.30. The number of alkyl halides is 3. The Bertz CT molecular complexity index is 1310. The van der Waals surface area contributed by atoms with Crippen molar-refractivity contribution in [3.05, 3.63) is 86.2 Å². The number of aromatic carboxylic acids is 1. The molecule has 0 aliphatic rings. The Morgan fingerprint density at radius 2 is 1.66 bits per heavy atom. The molecule has 0 spiro atoms. The van der Waals surface area contributed by atoms with Crippen molar-refractivity contribution in [3.8, 4) is 5.69 Å². The average molecular weight is 490 g/mol. The first-order chi connectivity index (χ1) is 16.6. The van der Waals surface area contributed by atoms with Crippen LogP contribution in [0.5, 0.6) is 0 Å². The van der Waals surface area contributed by atoms with Crippen LogP contribution in [0, 0.1) is 0 Å². The second-order valence-electron chi connectivity index (χ2n) is 7.94. The summed E-state index contributed by atoms with van der Waals surface area (Å²) in [5.41, 5.74) is -2.03. The van der Waals surface area contributed by atoms with E-state index >= 15 is 0 Å². The van der Waals surface area contributed by atoms with Crippen LogP contribution in [0.25, 0.3) is 5.69 Å². The van der Waals surface area contributed by atoms with Crippen LogP contribution < -0.4 is 16.3 Å². The molecular weight excluding hydrogens is 465 g/mol. The van der Waals surface area contributed by atoms with E-state index in [1.807, 2.05) is 13.8 Å². The molecule has 3 rings (SSSR count). The first kappa shape index (κ1) is 25.7. The minimum atomic E-state index is -4.51. The molecule has 8 nitrogen and oxygen atoms in total. The highest BCUT2D eigenvalue weighted by atomic mass is 19.4. The number of hydrogen-bond acceptors (Lipinski definition) is 5. The third-order valence-corrected chi connectivity index (χ3v) is 5.29. The first-order valence-electron chi connectivity index (χ1n) is 11.1. The van der Waals surface area contributed by atoms with Crippen LogP contribution in [0.2, 0.25) is 0 Å². The molecule has 3 aromatic rings. The number of anilines is 1. The number of carbonyl (C=O) groups is 1. The monoisotopic (exact) mass is 490 g/mol. The van der Waals surface area contributed by atoms with E-state index in [0.29, 0.717) is 31.5 Å². The summed E-state index contributed by atoms with van der Waals surface area (Å²) in [6.45, 7) is 4.57. The quantitative estimate of drug-likeness (QED) is 0.490. The Morgan fingerprint density at radius 3 is 2.20 bits per heavy atom. The number of rotatable bonds is 9. The minimum absolute atomic E-state index is 0.0571. The number of carboxylic acids is 1. The molecule has 0 aliphatic heterocycles. The molecule has 186 valence electrons. The molecule has 0 amide bonds. The van der Waals surface area contributed by atoms with Gasteiger partial charge in [0.25, 0.3) is 0 Å². The summed E-state index contributed by atoms with van der Waals surface area (Å²) in [7, 11) is 0. The number of halogens is 3. The van der Waals surface area contributed by atoms with Crippen molar-refractivity contribution in [3.63, 3.8) is 0 Å². The highest BCUT2D eigenvalue weighted by molar-refractivity contribution is 5.88. The summed E-state index contributed by atoms with van der Waals surface area (Å²) in [4.78, 5) is 43.9. The third-order valence-electron chi connectivity index (χ3n) is 5.29. The molecular formula is C24H25F3N4O4. The van der Waals surface area contributed by atoms with Crippen LogP contribution in [0.1, 0.15) is 48.2 Å². The number of aromatic nitrogens is 3. The molecule has 35 heavy (non-hydrogen) atoms. The van der Waals surface area contributed by atoms with Gasteiger partial charge >= 0.3 is 23.5 Å². The number of hydrogen-bond donors (Lipinski definition) is 1. The third kappa shape index (κ3) is 5.79. The molecule has 1 N–H and O–H groups in total. The fraction of sp³-hybridized carbons (Fsp3) is 0.333. The van der Waals surface area contributed by atoms with Crippen molar-refractivity contribution in [1.82, 2.24) is 14.1 Å². The van der Waals surface area contributed by atoms with Crippen LogP contribution in [0.4, 0.5) is 19.1 Å². The molecule has 1 heterocycles. The summed E-state index contributed by atoms with van der Waals surface area (Å²) in [6.07, 6.45) is -3.10. The van der Waals surface area contributed by atoms with Gasteiger partial charge in [0.2, 0.25) is 5.95 Å². The Kier molecular flexibility index (Phi) is 7.78. The van der Waals surface area contributed by atoms with Gasteiger partial charge in [0.05, 0.1) is 23.4 Å². The van der Waals surface area contributed by atoms with Gasteiger partial charge in [-0.15, -0.1) is 0 Å². The Hall–Kier alpha value is -3.89. The SMILES string of the molecule is CCCN(CCC)c1nc(=O)n(Cc2ccc(C(F)(F)F)cc2)c(=O)n1-c1cccc(C(=O)O)c1. The fourth-order valence-electron chi connectivity index (χ4n) is 3.67. The van der Waals surface area contributed by atoms with Crippen LogP contribution in [-0.2, 0) is 12.7 Å². The lowest BCUT2D eigenvalue weighted by atomic mass is 10.1. The number of nitrogens with zero attached hydrogens (tertiary/aromatic N) is 4. The predicted molar refractivity (Wildman–Crippen MR) is 124 cm³/mol. The van der Waals surface area contributed by atoms with Crippen molar-refractivity contribution in [1.29, 1.82) is 0 Å². The van der Waals surface area contributed by atoms with Gasteiger partial charge in [-0.2, -0.15) is 18.2 Å². The van der Waals surface area contributed by atoms with E-state index in [9.17, 15) is 32.7 Å². The molecule has 0 saturated carbocycles. The standard InChI is InChI=1S/C24H25F3N4O4/c1-3-12-29(13-4-2)21-28-22(34)30(15-16-8-10-18(11-9-16)24(25,26)27)23(35)31(21)19-7-5-6-17(14-19)20(32)33/h5-11,14H,3-4,12-13,15H2,1-2H3,(H,32,33). The van der Waals surface area contributed by atoms with Crippen LogP contribution in [0.3, 0.4) is 0 Å². The van der Waals surface area contributed by atoms with E-state index < -0.39 is 29.1 Å². The van der Waals surface area contributed by atoms with Crippen molar-refractivity contribution in [2.75, 3.05) is 18.0 Å². The Labute approximate surface area is 198 Å². The van der Waals surface area contributed by atoms with Gasteiger partial charge in [-0.05, 0) is 48.7 Å². The van der Waals surface area contributed by atoms with Gasteiger partial charge in [0, 0.05) is 13.1 Å². The lowest BCUT2D eigenvalue weighted by Gasteiger charge is -2.26. The largest absolute Gasteiger partial charge is 0.478 e. The summed E-state index contributed by atoms with van der Waals surface area (Å²) in [5, 5.41) is 9.40. The first-order valence-corrected chi connectivity index (χ1v) is 11.1. The maximum Gasteiger partial charge on any atom is 0.416 e. The molecule has 0 radical (unpaired) electrons. The molecule has 11 heteroatoms. The molecule has 0 aliphatic carbocycles. The van der Waals surface area contributed by atoms with Gasteiger partial charge in [-0.1, -0.05) is 32.0 Å². The molecule has 2 aromatic carbocycles. The minimum Gasteiger partial charge on any atom is -0.478 e. The molecule has 0 bridgehead atoms. The van der Waals surface area contributed by atoms with Crippen molar-refractivity contribution in [2.24, 2.45) is 0 Å². The van der Waals surface area contributed by atoms with E-state index in [-0.39, 0.29) is 23.7 Å². The zero-order valence-electron chi connectivity index (χ0n) is 19.2.